The maximum atomic E-state index is 12.6. The third kappa shape index (κ3) is 2.25. The van der Waals surface area contributed by atoms with Crippen LogP contribution in [-0.4, -0.2) is 40.1 Å². The van der Waals surface area contributed by atoms with E-state index >= 15 is 0 Å². The molecule has 0 atom stereocenters. The van der Waals surface area contributed by atoms with Crippen molar-refractivity contribution in [3.05, 3.63) is 30.0 Å². The molecule has 1 fully saturated rings. The molecule has 2 aromatic rings. The first-order valence-corrected chi connectivity index (χ1v) is 6.99. The summed E-state index contributed by atoms with van der Waals surface area (Å²) in [5.41, 5.74) is 7.90. The summed E-state index contributed by atoms with van der Waals surface area (Å²) in [5, 5.41) is 10.1. The summed E-state index contributed by atoms with van der Waals surface area (Å²) in [5.74, 6) is -0.0430. The molecule has 1 saturated carbocycles. The van der Waals surface area contributed by atoms with Gasteiger partial charge in [-0.05, 0) is 43.5 Å². The molecule has 5 heteroatoms. The Morgan fingerprint density at radius 2 is 2.20 bits per heavy atom. The van der Waals surface area contributed by atoms with E-state index in [0.29, 0.717) is 17.9 Å². The van der Waals surface area contributed by atoms with E-state index in [9.17, 15) is 4.79 Å². The van der Waals surface area contributed by atoms with Crippen LogP contribution in [0, 0.1) is 0 Å². The van der Waals surface area contributed by atoms with Gasteiger partial charge in [0.2, 0.25) is 0 Å². The fraction of sp³-hybridized carbons (Fsp3) is 0.400. The molecule has 1 aromatic heterocycles. The first-order chi connectivity index (χ1) is 9.69. The fourth-order valence-electron chi connectivity index (χ4n) is 2.68. The summed E-state index contributed by atoms with van der Waals surface area (Å²) < 4.78 is 0. The average Bonchev–Trinajstić information content (AvgIpc) is 2.78. The Balaban J connectivity index is 1.89. The van der Waals surface area contributed by atoms with Crippen LogP contribution in [0.5, 0.6) is 0 Å². The van der Waals surface area contributed by atoms with Crippen molar-refractivity contribution in [2.45, 2.75) is 25.3 Å². The van der Waals surface area contributed by atoms with Gasteiger partial charge in [0.25, 0.3) is 5.91 Å². The van der Waals surface area contributed by atoms with Crippen LogP contribution in [0.4, 0.5) is 5.69 Å². The Labute approximate surface area is 117 Å². The quantitative estimate of drug-likeness (QED) is 0.742. The largest absolute Gasteiger partial charge is 0.399 e. The molecular formula is C15H19N3O2. The van der Waals surface area contributed by atoms with Gasteiger partial charge in [-0.15, -0.1) is 0 Å². The number of amides is 1. The van der Waals surface area contributed by atoms with Crippen LogP contribution in [0.25, 0.3) is 10.9 Å². The summed E-state index contributed by atoms with van der Waals surface area (Å²) in [7, 11) is 0. The number of aliphatic hydroxyl groups is 1. The zero-order chi connectivity index (χ0) is 14.1. The summed E-state index contributed by atoms with van der Waals surface area (Å²) >= 11 is 0. The molecular weight excluding hydrogens is 254 g/mol. The van der Waals surface area contributed by atoms with Crippen molar-refractivity contribution in [3.8, 4) is 0 Å². The predicted molar refractivity (Wildman–Crippen MR) is 78.5 cm³/mol. The van der Waals surface area contributed by atoms with E-state index in [4.69, 9.17) is 10.8 Å². The van der Waals surface area contributed by atoms with Crippen molar-refractivity contribution in [1.29, 1.82) is 0 Å². The molecule has 3 rings (SSSR count). The van der Waals surface area contributed by atoms with Crippen LogP contribution >= 0.6 is 0 Å². The Kier molecular flexibility index (Phi) is 3.36. The number of anilines is 1. The highest BCUT2D eigenvalue weighted by Crippen LogP contribution is 2.27. The lowest BCUT2D eigenvalue weighted by atomic mass is 9.91. The van der Waals surface area contributed by atoms with Gasteiger partial charge in [-0.3, -0.25) is 4.79 Å². The number of nitrogen functional groups attached to an aromatic ring is 1. The topological polar surface area (TPSA) is 82.4 Å². The van der Waals surface area contributed by atoms with E-state index in [1.165, 1.54) is 0 Å². The van der Waals surface area contributed by atoms with Gasteiger partial charge in [-0.1, -0.05) is 0 Å². The molecule has 0 bridgehead atoms. The third-order valence-corrected chi connectivity index (χ3v) is 3.99. The maximum absolute atomic E-state index is 12.6. The van der Waals surface area contributed by atoms with Crippen molar-refractivity contribution in [3.63, 3.8) is 0 Å². The molecule has 1 heterocycles. The number of carbonyl (C=O) groups is 1. The van der Waals surface area contributed by atoms with Gasteiger partial charge in [-0.25, -0.2) is 0 Å². The second-order valence-corrected chi connectivity index (χ2v) is 5.34. The van der Waals surface area contributed by atoms with E-state index in [1.807, 2.05) is 24.3 Å². The Bertz CT molecular complexity index is 631. The molecule has 20 heavy (non-hydrogen) atoms. The summed E-state index contributed by atoms with van der Waals surface area (Å²) in [6.07, 6.45) is 3.21. The minimum atomic E-state index is -0.0430. The molecule has 1 amide bonds. The first kappa shape index (κ1) is 13.0. The van der Waals surface area contributed by atoms with Gasteiger partial charge < -0.3 is 20.7 Å². The Morgan fingerprint density at radius 3 is 2.85 bits per heavy atom. The third-order valence-electron chi connectivity index (χ3n) is 3.99. The minimum Gasteiger partial charge on any atom is -0.399 e. The second-order valence-electron chi connectivity index (χ2n) is 5.34. The van der Waals surface area contributed by atoms with Crippen molar-refractivity contribution >= 4 is 22.5 Å². The normalized spacial score (nSPS) is 15.2. The maximum Gasteiger partial charge on any atom is 0.270 e. The van der Waals surface area contributed by atoms with Crippen LogP contribution in [0.2, 0.25) is 0 Å². The zero-order valence-corrected chi connectivity index (χ0v) is 11.3. The number of hydrogen-bond acceptors (Lipinski definition) is 3. The van der Waals surface area contributed by atoms with Crippen molar-refractivity contribution in [2.75, 3.05) is 18.9 Å². The number of nitrogens with two attached hydrogens (primary N) is 1. The van der Waals surface area contributed by atoms with E-state index < -0.39 is 0 Å². The molecule has 4 N–H and O–H groups in total. The highest BCUT2D eigenvalue weighted by Gasteiger charge is 2.29. The van der Waals surface area contributed by atoms with E-state index in [2.05, 4.69) is 4.98 Å². The summed E-state index contributed by atoms with van der Waals surface area (Å²) in [6.45, 7) is 0.385. The molecule has 0 spiro atoms. The van der Waals surface area contributed by atoms with Gasteiger partial charge in [0, 0.05) is 29.2 Å². The van der Waals surface area contributed by atoms with E-state index in [-0.39, 0.29) is 18.6 Å². The molecule has 1 aliphatic rings. The number of H-pyrrole nitrogens is 1. The van der Waals surface area contributed by atoms with Crippen LogP contribution in [-0.2, 0) is 0 Å². The van der Waals surface area contributed by atoms with Gasteiger partial charge in [0.1, 0.15) is 5.69 Å². The lowest BCUT2D eigenvalue weighted by Gasteiger charge is -2.37. The number of fused-ring (bicyclic) bond motifs is 1. The molecule has 1 aromatic carbocycles. The molecule has 106 valence electrons. The van der Waals surface area contributed by atoms with Crippen molar-refractivity contribution in [2.24, 2.45) is 0 Å². The highest BCUT2D eigenvalue weighted by molar-refractivity contribution is 5.98. The number of aromatic nitrogens is 1. The van der Waals surface area contributed by atoms with Gasteiger partial charge >= 0.3 is 0 Å². The number of aromatic amines is 1. The number of carbonyl (C=O) groups excluding carboxylic acids is 1. The van der Waals surface area contributed by atoms with Crippen LogP contribution < -0.4 is 5.73 Å². The number of nitrogens with one attached hydrogen (secondary N) is 1. The van der Waals surface area contributed by atoms with E-state index in [0.717, 1.165) is 30.2 Å². The fourth-order valence-corrected chi connectivity index (χ4v) is 2.68. The smallest absolute Gasteiger partial charge is 0.270 e. The second kappa shape index (κ2) is 5.17. The number of aliphatic hydroxyl groups excluding tert-OH is 1. The summed E-state index contributed by atoms with van der Waals surface area (Å²) in [4.78, 5) is 17.5. The lowest BCUT2D eigenvalue weighted by molar-refractivity contribution is 0.0521. The molecule has 0 radical (unpaired) electrons. The molecule has 1 aliphatic carbocycles. The SMILES string of the molecule is Nc1ccc2[nH]c(C(=O)N(CCO)C3CCC3)cc2c1. The van der Waals surface area contributed by atoms with Crippen LogP contribution in [0.3, 0.4) is 0 Å². The van der Waals surface area contributed by atoms with E-state index in [1.54, 1.807) is 4.90 Å². The van der Waals surface area contributed by atoms with Gasteiger partial charge in [0.05, 0.1) is 6.61 Å². The zero-order valence-electron chi connectivity index (χ0n) is 11.3. The highest BCUT2D eigenvalue weighted by atomic mass is 16.3. The Hall–Kier alpha value is -2.01. The number of nitrogens with zero attached hydrogens (tertiary/aromatic N) is 1. The lowest BCUT2D eigenvalue weighted by Crippen LogP contribution is -2.45. The molecule has 0 saturated heterocycles. The standard InChI is InChI=1S/C15H19N3O2/c16-11-4-5-13-10(8-11)9-14(17-13)15(20)18(6-7-19)12-2-1-3-12/h4-5,8-9,12,17,19H,1-3,6-7,16H2. The average molecular weight is 273 g/mol. The number of rotatable bonds is 4. The van der Waals surface area contributed by atoms with Crippen molar-refractivity contribution < 1.29 is 9.90 Å². The monoisotopic (exact) mass is 273 g/mol. The molecule has 0 aliphatic heterocycles. The first-order valence-electron chi connectivity index (χ1n) is 6.99. The van der Waals surface area contributed by atoms with Gasteiger partial charge in [-0.2, -0.15) is 0 Å². The number of hydrogen-bond donors (Lipinski definition) is 3. The van der Waals surface area contributed by atoms with Crippen LogP contribution in [0.15, 0.2) is 24.3 Å². The minimum absolute atomic E-state index is 0.00455. The van der Waals surface area contributed by atoms with Gasteiger partial charge in [0.15, 0.2) is 0 Å². The molecule has 0 unspecified atom stereocenters. The Morgan fingerprint density at radius 1 is 1.40 bits per heavy atom. The molecule has 5 nitrogen and oxygen atoms in total. The van der Waals surface area contributed by atoms with Crippen molar-refractivity contribution in [1.82, 2.24) is 9.88 Å². The summed E-state index contributed by atoms with van der Waals surface area (Å²) in [6, 6.07) is 7.64. The van der Waals surface area contributed by atoms with Crippen LogP contribution in [0.1, 0.15) is 29.8 Å². The predicted octanol–water partition coefficient (Wildman–Crippen LogP) is 1.74. The number of benzene rings is 1.